The molecule has 0 saturated heterocycles. The summed E-state index contributed by atoms with van der Waals surface area (Å²) in [5, 5.41) is 0. The quantitative estimate of drug-likeness (QED) is 0.666. The van der Waals surface area contributed by atoms with Gasteiger partial charge in [-0.1, -0.05) is 37.3 Å². The predicted octanol–water partition coefficient (Wildman–Crippen LogP) is 2.61. The van der Waals surface area contributed by atoms with Crippen molar-refractivity contribution in [1.29, 1.82) is 0 Å². The maximum absolute atomic E-state index is 10.8. The fourth-order valence-electron chi connectivity index (χ4n) is 1.20. The van der Waals surface area contributed by atoms with Crippen LogP contribution >= 0.6 is 0 Å². The number of hydrogen-bond acceptors (Lipinski definition) is 1. The summed E-state index contributed by atoms with van der Waals surface area (Å²) in [5.74, 6) is 1.36. The topological polar surface area (TPSA) is 17.1 Å². The Bertz CT molecular complexity index is 251. The first kappa shape index (κ1) is 8.98. The fraction of sp³-hybridized carbons (Fsp3) is 0.273. The van der Waals surface area contributed by atoms with Gasteiger partial charge in [-0.05, 0) is 12.5 Å². The van der Waals surface area contributed by atoms with E-state index >= 15 is 0 Å². The minimum absolute atomic E-state index is 0.219. The molecule has 1 heteroatoms. The van der Waals surface area contributed by atoms with Crippen molar-refractivity contribution in [2.75, 3.05) is 0 Å². The molecule has 0 unspecified atom stereocenters. The van der Waals surface area contributed by atoms with E-state index in [0.717, 1.165) is 11.5 Å². The minimum atomic E-state index is 0.219. The molecule has 0 amide bonds. The van der Waals surface area contributed by atoms with Crippen LogP contribution in [0.5, 0.6) is 0 Å². The number of carbonyl (C=O) groups excluding carboxylic acids is 1. The summed E-state index contributed by atoms with van der Waals surface area (Å²) in [4.78, 5) is 10.8. The van der Waals surface area contributed by atoms with Crippen LogP contribution in [0.15, 0.2) is 30.3 Å². The van der Waals surface area contributed by atoms with Gasteiger partial charge in [-0.3, -0.25) is 4.79 Å². The first-order valence-electron chi connectivity index (χ1n) is 4.07. The van der Waals surface area contributed by atoms with Gasteiger partial charge in [0.2, 0.25) is 0 Å². The third-order valence-electron chi connectivity index (χ3n) is 1.78. The molecule has 0 saturated carbocycles. The molecule has 0 spiro atoms. The van der Waals surface area contributed by atoms with Crippen LogP contribution < -0.4 is 0 Å². The van der Waals surface area contributed by atoms with E-state index < -0.39 is 0 Å². The summed E-state index contributed by atoms with van der Waals surface area (Å²) in [5.41, 5.74) is 1.16. The number of ketones is 1. The van der Waals surface area contributed by atoms with Crippen LogP contribution in [-0.2, 0) is 4.79 Å². The molecule has 0 N–H and O–H groups in total. The van der Waals surface area contributed by atoms with Gasteiger partial charge in [0.1, 0.15) is 5.78 Å². The van der Waals surface area contributed by atoms with Crippen molar-refractivity contribution < 1.29 is 4.79 Å². The molecule has 63 valence electrons. The van der Waals surface area contributed by atoms with E-state index in [4.69, 9.17) is 0 Å². The summed E-state index contributed by atoms with van der Waals surface area (Å²) in [6.45, 7) is 3.61. The molecule has 1 nitrogen and oxygen atoms in total. The molecule has 0 aliphatic rings. The summed E-state index contributed by atoms with van der Waals surface area (Å²) < 4.78 is 0. The van der Waals surface area contributed by atoms with Crippen molar-refractivity contribution in [3.63, 3.8) is 0 Å². The Labute approximate surface area is 73.4 Å². The molecule has 0 aliphatic carbocycles. The Morgan fingerprint density at radius 3 is 2.25 bits per heavy atom. The lowest BCUT2D eigenvalue weighted by atomic mass is 9.96. The van der Waals surface area contributed by atoms with Gasteiger partial charge in [0.25, 0.3) is 0 Å². The third kappa shape index (κ3) is 2.50. The number of benzene rings is 1. The van der Waals surface area contributed by atoms with Gasteiger partial charge in [-0.2, -0.15) is 0 Å². The molecule has 0 aliphatic heterocycles. The minimum Gasteiger partial charge on any atom is -0.300 e. The first-order chi connectivity index (χ1) is 5.70. The largest absolute Gasteiger partial charge is 0.300 e. The Kier molecular flexibility index (Phi) is 3.03. The van der Waals surface area contributed by atoms with Crippen LogP contribution in [0.2, 0.25) is 0 Å². The molecule has 0 aromatic heterocycles. The van der Waals surface area contributed by atoms with Gasteiger partial charge < -0.3 is 0 Å². The van der Waals surface area contributed by atoms with E-state index in [9.17, 15) is 4.79 Å². The normalized spacial score (nSPS) is 10.2. The van der Waals surface area contributed by atoms with Crippen LogP contribution in [0.4, 0.5) is 0 Å². The second-order valence-corrected chi connectivity index (χ2v) is 3.03. The van der Waals surface area contributed by atoms with Crippen molar-refractivity contribution >= 4 is 5.78 Å². The SMILES string of the molecule is C[C](CC(C)=O)c1ccccc1. The van der Waals surface area contributed by atoms with E-state index in [-0.39, 0.29) is 5.78 Å². The zero-order valence-electron chi connectivity index (χ0n) is 7.50. The van der Waals surface area contributed by atoms with Gasteiger partial charge in [-0.15, -0.1) is 0 Å². The summed E-state index contributed by atoms with van der Waals surface area (Å²) >= 11 is 0. The predicted molar refractivity (Wildman–Crippen MR) is 49.8 cm³/mol. The van der Waals surface area contributed by atoms with Crippen LogP contribution in [0, 0.1) is 5.92 Å². The molecular weight excluding hydrogens is 148 g/mol. The number of carbonyl (C=O) groups is 1. The molecule has 0 bridgehead atoms. The number of Topliss-reactive ketones (excluding diaryl/α,β-unsaturated/α-hetero) is 1. The zero-order valence-corrected chi connectivity index (χ0v) is 7.50. The van der Waals surface area contributed by atoms with Crippen molar-refractivity contribution in [2.24, 2.45) is 0 Å². The standard InChI is InChI=1S/C11H13O/c1-9(8-10(2)12)11-6-4-3-5-7-11/h3-7H,8H2,1-2H3. The zero-order chi connectivity index (χ0) is 8.97. The second-order valence-electron chi connectivity index (χ2n) is 3.03. The van der Waals surface area contributed by atoms with Gasteiger partial charge in [0, 0.05) is 12.3 Å². The Hall–Kier alpha value is -1.11. The highest BCUT2D eigenvalue weighted by molar-refractivity contribution is 5.78. The highest BCUT2D eigenvalue weighted by atomic mass is 16.1. The lowest BCUT2D eigenvalue weighted by molar-refractivity contribution is -0.116. The Morgan fingerprint density at radius 2 is 1.75 bits per heavy atom. The number of rotatable bonds is 3. The monoisotopic (exact) mass is 161 g/mol. The van der Waals surface area contributed by atoms with E-state index in [1.165, 1.54) is 0 Å². The maximum Gasteiger partial charge on any atom is 0.130 e. The van der Waals surface area contributed by atoms with E-state index in [2.05, 4.69) is 0 Å². The van der Waals surface area contributed by atoms with Crippen LogP contribution in [-0.4, -0.2) is 5.78 Å². The molecule has 1 aromatic rings. The summed E-state index contributed by atoms with van der Waals surface area (Å²) in [7, 11) is 0. The van der Waals surface area contributed by atoms with E-state index in [1.54, 1.807) is 6.92 Å². The van der Waals surface area contributed by atoms with Gasteiger partial charge in [0.15, 0.2) is 0 Å². The lowest BCUT2D eigenvalue weighted by Crippen LogP contribution is -2.00. The van der Waals surface area contributed by atoms with Gasteiger partial charge in [0.05, 0.1) is 0 Å². The molecular formula is C11H13O. The first-order valence-corrected chi connectivity index (χ1v) is 4.07. The number of hydrogen-bond donors (Lipinski definition) is 0. The van der Waals surface area contributed by atoms with Crippen molar-refractivity contribution in [3.8, 4) is 0 Å². The van der Waals surface area contributed by atoms with E-state index in [0.29, 0.717) is 6.42 Å². The average Bonchev–Trinajstić information content (AvgIpc) is 2.05. The smallest absolute Gasteiger partial charge is 0.130 e. The average molecular weight is 161 g/mol. The van der Waals surface area contributed by atoms with E-state index in [1.807, 2.05) is 37.3 Å². The van der Waals surface area contributed by atoms with Crippen molar-refractivity contribution in [1.82, 2.24) is 0 Å². The van der Waals surface area contributed by atoms with Gasteiger partial charge in [-0.25, -0.2) is 0 Å². The molecule has 0 heterocycles. The maximum atomic E-state index is 10.8. The van der Waals surface area contributed by atoms with Gasteiger partial charge >= 0.3 is 0 Å². The molecule has 0 fully saturated rings. The van der Waals surface area contributed by atoms with Crippen LogP contribution in [0.1, 0.15) is 25.8 Å². The third-order valence-corrected chi connectivity index (χ3v) is 1.78. The van der Waals surface area contributed by atoms with Crippen molar-refractivity contribution in [3.05, 3.63) is 41.8 Å². The fourth-order valence-corrected chi connectivity index (χ4v) is 1.20. The Morgan fingerprint density at radius 1 is 1.17 bits per heavy atom. The van der Waals surface area contributed by atoms with Crippen LogP contribution in [0.25, 0.3) is 0 Å². The lowest BCUT2D eigenvalue weighted by Gasteiger charge is -2.07. The molecule has 1 radical (unpaired) electrons. The molecule has 0 atom stereocenters. The summed E-state index contributed by atoms with van der Waals surface area (Å²) in [6.07, 6.45) is 0.560. The Balaban J connectivity index is 2.65. The van der Waals surface area contributed by atoms with Crippen molar-refractivity contribution in [2.45, 2.75) is 20.3 Å². The highest BCUT2D eigenvalue weighted by Gasteiger charge is 2.07. The second kappa shape index (κ2) is 4.05. The molecule has 12 heavy (non-hydrogen) atoms. The highest BCUT2D eigenvalue weighted by Crippen LogP contribution is 2.16. The van der Waals surface area contributed by atoms with Crippen LogP contribution in [0.3, 0.4) is 0 Å². The summed E-state index contributed by atoms with van der Waals surface area (Å²) in [6, 6.07) is 10.00. The molecule has 1 aromatic carbocycles. The molecule has 1 rings (SSSR count).